The van der Waals surface area contributed by atoms with E-state index in [0.717, 1.165) is 18.4 Å². The van der Waals surface area contributed by atoms with Crippen LogP contribution in [0.15, 0.2) is 48.5 Å². The van der Waals surface area contributed by atoms with Gasteiger partial charge in [-0.1, -0.05) is 37.6 Å². The summed E-state index contributed by atoms with van der Waals surface area (Å²) in [5.41, 5.74) is 2.06. The first-order valence-corrected chi connectivity index (χ1v) is 10.6. The standard InChI is InChI=1S/C24H29FN2O3/c1-2-3-18-6-10-22(11-7-18)30-17-23(28)26-21-12-14-27(15-13-21)24(29)16-19-4-8-20(25)9-5-19/h4-11,21H,2-3,12-17H2,1H3,(H,26,28). The third-order valence-corrected chi connectivity index (χ3v) is 5.31. The smallest absolute Gasteiger partial charge is 0.258 e. The summed E-state index contributed by atoms with van der Waals surface area (Å²) in [6.07, 6.45) is 3.83. The van der Waals surface area contributed by atoms with E-state index in [2.05, 4.69) is 12.2 Å². The summed E-state index contributed by atoms with van der Waals surface area (Å²) in [5.74, 6) is 0.261. The van der Waals surface area contributed by atoms with Crippen molar-refractivity contribution < 1.29 is 18.7 Å². The highest BCUT2D eigenvalue weighted by atomic mass is 19.1. The van der Waals surface area contributed by atoms with Gasteiger partial charge in [0.25, 0.3) is 5.91 Å². The number of benzene rings is 2. The Balaban J connectivity index is 1.36. The number of carbonyl (C=O) groups is 2. The number of likely N-dealkylation sites (tertiary alicyclic amines) is 1. The molecule has 2 amide bonds. The molecule has 6 heteroatoms. The molecular formula is C24H29FN2O3. The number of aryl methyl sites for hydroxylation is 1. The summed E-state index contributed by atoms with van der Waals surface area (Å²) in [7, 11) is 0. The molecule has 2 aromatic rings. The van der Waals surface area contributed by atoms with E-state index in [4.69, 9.17) is 4.74 Å². The fraction of sp³-hybridized carbons (Fsp3) is 0.417. The average Bonchev–Trinajstić information content (AvgIpc) is 2.75. The van der Waals surface area contributed by atoms with Crippen molar-refractivity contribution in [3.05, 3.63) is 65.5 Å². The molecule has 1 aliphatic rings. The van der Waals surface area contributed by atoms with Crippen LogP contribution >= 0.6 is 0 Å². The zero-order valence-electron chi connectivity index (χ0n) is 17.4. The number of ether oxygens (including phenoxy) is 1. The highest BCUT2D eigenvalue weighted by Gasteiger charge is 2.24. The molecule has 1 saturated heterocycles. The van der Waals surface area contributed by atoms with Gasteiger partial charge >= 0.3 is 0 Å². The Labute approximate surface area is 177 Å². The van der Waals surface area contributed by atoms with E-state index >= 15 is 0 Å². The Hall–Kier alpha value is -2.89. The average molecular weight is 413 g/mol. The van der Waals surface area contributed by atoms with Crippen LogP contribution in [0.3, 0.4) is 0 Å². The van der Waals surface area contributed by atoms with Crippen LogP contribution in [0.5, 0.6) is 5.75 Å². The maximum Gasteiger partial charge on any atom is 0.258 e. The Bertz CT molecular complexity index is 829. The minimum Gasteiger partial charge on any atom is -0.484 e. The molecule has 160 valence electrons. The van der Waals surface area contributed by atoms with E-state index in [1.165, 1.54) is 17.7 Å². The van der Waals surface area contributed by atoms with Crippen molar-refractivity contribution in [1.29, 1.82) is 0 Å². The molecule has 0 bridgehead atoms. The number of amides is 2. The molecule has 0 aromatic heterocycles. The van der Waals surface area contributed by atoms with Crippen LogP contribution in [0.2, 0.25) is 0 Å². The Morgan fingerprint density at radius 2 is 1.67 bits per heavy atom. The number of carbonyl (C=O) groups excluding carboxylic acids is 2. The highest BCUT2D eigenvalue weighted by Crippen LogP contribution is 2.15. The maximum atomic E-state index is 13.0. The molecule has 0 radical (unpaired) electrons. The van der Waals surface area contributed by atoms with Crippen LogP contribution in [0, 0.1) is 5.82 Å². The van der Waals surface area contributed by atoms with Crippen LogP contribution in [-0.4, -0.2) is 42.5 Å². The maximum absolute atomic E-state index is 13.0. The zero-order valence-corrected chi connectivity index (χ0v) is 17.4. The molecule has 3 rings (SSSR count). The predicted octanol–water partition coefficient (Wildman–Crippen LogP) is 3.51. The normalized spacial score (nSPS) is 14.4. The van der Waals surface area contributed by atoms with E-state index in [9.17, 15) is 14.0 Å². The van der Waals surface area contributed by atoms with Gasteiger partial charge in [-0.2, -0.15) is 0 Å². The van der Waals surface area contributed by atoms with Crippen LogP contribution in [0.4, 0.5) is 4.39 Å². The quantitative estimate of drug-likeness (QED) is 0.722. The number of hydrogen-bond donors (Lipinski definition) is 1. The SMILES string of the molecule is CCCc1ccc(OCC(=O)NC2CCN(C(=O)Cc3ccc(F)cc3)CC2)cc1. The first-order chi connectivity index (χ1) is 14.5. The lowest BCUT2D eigenvalue weighted by Gasteiger charge is -2.32. The predicted molar refractivity (Wildman–Crippen MR) is 114 cm³/mol. The third-order valence-electron chi connectivity index (χ3n) is 5.31. The largest absolute Gasteiger partial charge is 0.484 e. The van der Waals surface area contributed by atoms with Gasteiger partial charge in [-0.3, -0.25) is 9.59 Å². The summed E-state index contributed by atoms with van der Waals surface area (Å²) >= 11 is 0. The molecule has 5 nitrogen and oxygen atoms in total. The van der Waals surface area contributed by atoms with E-state index in [1.807, 2.05) is 24.3 Å². The second-order valence-electron chi connectivity index (χ2n) is 7.71. The molecule has 1 heterocycles. The van der Waals surface area contributed by atoms with Gasteiger partial charge in [0, 0.05) is 19.1 Å². The first-order valence-electron chi connectivity index (χ1n) is 10.6. The highest BCUT2D eigenvalue weighted by molar-refractivity contribution is 5.79. The van der Waals surface area contributed by atoms with Gasteiger partial charge in [0.2, 0.25) is 5.91 Å². The van der Waals surface area contributed by atoms with Gasteiger partial charge in [0.1, 0.15) is 11.6 Å². The van der Waals surface area contributed by atoms with E-state index < -0.39 is 0 Å². The number of halogens is 1. The van der Waals surface area contributed by atoms with Gasteiger partial charge < -0.3 is 15.0 Å². The molecule has 0 unspecified atom stereocenters. The van der Waals surface area contributed by atoms with E-state index in [0.29, 0.717) is 31.7 Å². The molecule has 1 N–H and O–H groups in total. The lowest BCUT2D eigenvalue weighted by atomic mass is 10.0. The summed E-state index contributed by atoms with van der Waals surface area (Å²) in [5, 5.41) is 2.99. The Morgan fingerprint density at radius 1 is 1.03 bits per heavy atom. The van der Waals surface area contributed by atoms with Crippen molar-refractivity contribution in [1.82, 2.24) is 10.2 Å². The van der Waals surface area contributed by atoms with Gasteiger partial charge in [-0.15, -0.1) is 0 Å². The molecule has 0 spiro atoms. The van der Waals surface area contributed by atoms with E-state index in [-0.39, 0.29) is 36.7 Å². The van der Waals surface area contributed by atoms with Gasteiger partial charge in [-0.05, 0) is 54.7 Å². The second kappa shape index (κ2) is 10.8. The topological polar surface area (TPSA) is 58.6 Å². The summed E-state index contributed by atoms with van der Waals surface area (Å²) in [6.45, 7) is 3.33. The van der Waals surface area contributed by atoms with Crippen LogP contribution in [-0.2, 0) is 22.4 Å². The summed E-state index contributed by atoms with van der Waals surface area (Å²) < 4.78 is 18.6. The molecule has 1 fully saturated rings. The fourth-order valence-electron chi connectivity index (χ4n) is 3.62. The second-order valence-corrected chi connectivity index (χ2v) is 7.71. The number of hydrogen-bond acceptors (Lipinski definition) is 3. The molecular weight excluding hydrogens is 383 g/mol. The number of rotatable bonds is 8. The van der Waals surface area contributed by atoms with Gasteiger partial charge in [-0.25, -0.2) is 4.39 Å². The Kier molecular flexibility index (Phi) is 7.82. The third kappa shape index (κ3) is 6.58. The van der Waals surface area contributed by atoms with Crippen molar-refractivity contribution in [2.24, 2.45) is 0 Å². The zero-order chi connectivity index (χ0) is 21.3. The van der Waals surface area contributed by atoms with Crippen molar-refractivity contribution in [2.45, 2.75) is 45.1 Å². The molecule has 1 aliphatic heterocycles. The minimum absolute atomic E-state index is 0.0170. The lowest BCUT2D eigenvalue weighted by Crippen LogP contribution is -2.47. The van der Waals surface area contributed by atoms with Crippen LogP contribution < -0.4 is 10.1 Å². The number of piperidine rings is 1. The van der Waals surface area contributed by atoms with Crippen molar-refractivity contribution >= 4 is 11.8 Å². The van der Waals surface area contributed by atoms with E-state index in [1.54, 1.807) is 17.0 Å². The van der Waals surface area contributed by atoms with Crippen LogP contribution in [0.25, 0.3) is 0 Å². The summed E-state index contributed by atoms with van der Waals surface area (Å²) in [6, 6.07) is 13.9. The minimum atomic E-state index is -0.305. The molecule has 30 heavy (non-hydrogen) atoms. The lowest BCUT2D eigenvalue weighted by molar-refractivity contribution is -0.131. The number of nitrogens with one attached hydrogen (secondary N) is 1. The van der Waals surface area contributed by atoms with Crippen LogP contribution in [0.1, 0.15) is 37.3 Å². The van der Waals surface area contributed by atoms with Crippen molar-refractivity contribution in [2.75, 3.05) is 19.7 Å². The fourth-order valence-corrected chi connectivity index (χ4v) is 3.62. The first kappa shape index (κ1) is 21.8. The van der Waals surface area contributed by atoms with Gasteiger partial charge in [0.05, 0.1) is 6.42 Å². The van der Waals surface area contributed by atoms with Crippen molar-refractivity contribution in [3.8, 4) is 5.75 Å². The molecule has 0 saturated carbocycles. The monoisotopic (exact) mass is 412 g/mol. The summed E-state index contributed by atoms with van der Waals surface area (Å²) in [4.78, 5) is 26.4. The number of nitrogens with zero attached hydrogens (tertiary/aromatic N) is 1. The molecule has 0 atom stereocenters. The molecule has 2 aromatic carbocycles. The Morgan fingerprint density at radius 3 is 2.30 bits per heavy atom. The van der Waals surface area contributed by atoms with Gasteiger partial charge in [0.15, 0.2) is 6.61 Å². The molecule has 0 aliphatic carbocycles. The van der Waals surface area contributed by atoms with Crippen molar-refractivity contribution in [3.63, 3.8) is 0 Å².